The van der Waals surface area contributed by atoms with Gasteiger partial charge in [-0.15, -0.1) is 0 Å². The van der Waals surface area contributed by atoms with Crippen LogP contribution in [-0.4, -0.2) is 35.0 Å². The van der Waals surface area contributed by atoms with Crippen LogP contribution in [0.1, 0.15) is 39.4 Å². The Hall–Kier alpha value is -2.64. The van der Waals surface area contributed by atoms with Gasteiger partial charge >= 0.3 is 11.6 Å². The van der Waals surface area contributed by atoms with Crippen molar-refractivity contribution in [2.24, 2.45) is 0 Å². The number of benzene rings is 1. The predicted molar refractivity (Wildman–Crippen MR) is 99.6 cm³/mol. The summed E-state index contributed by atoms with van der Waals surface area (Å²) < 4.78 is 16.0. The number of carbonyl (C=O) groups excluding carboxylic acids is 1. The van der Waals surface area contributed by atoms with Gasteiger partial charge in [0.25, 0.3) is 0 Å². The maximum atomic E-state index is 12.3. The van der Waals surface area contributed by atoms with Crippen molar-refractivity contribution in [3.05, 3.63) is 51.9 Å². The van der Waals surface area contributed by atoms with Crippen LogP contribution in [0.3, 0.4) is 0 Å². The molecule has 0 aliphatic rings. The monoisotopic (exact) mass is 376 g/mol. The molecule has 1 aromatic heterocycles. The van der Waals surface area contributed by atoms with E-state index in [1.54, 1.807) is 32.1 Å². The molecule has 27 heavy (non-hydrogen) atoms. The minimum atomic E-state index is -1.56. The Kier molecular flexibility index (Phi) is 6.08. The first-order valence-electron chi connectivity index (χ1n) is 8.44. The summed E-state index contributed by atoms with van der Waals surface area (Å²) in [6, 6.07) is 5.88. The van der Waals surface area contributed by atoms with Gasteiger partial charge in [-0.05, 0) is 39.8 Å². The number of ether oxygens (including phenoxy) is 2. The van der Waals surface area contributed by atoms with Crippen molar-refractivity contribution in [3.63, 3.8) is 0 Å². The molecule has 2 aromatic rings. The van der Waals surface area contributed by atoms with Crippen LogP contribution in [0.15, 0.2) is 45.1 Å². The number of fused-ring (bicyclic) bond motifs is 1. The van der Waals surface area contributed by atoms with E-state index in [0.717, 1.165) is 0 Å². The number of methoxy groups -OCH3 is 1. The van der Waals surface area contributed by atoms with Gasteiger partial charge in [-0.25, -0.2) is 9.59 Å². The van der Waals surface area contributed by atoms with E-state index in [9.17, 15) is 19.8 Å². The topological polar surface area (TPSA) is 106 Å². The highest BCUT2D eigenvalue weighted by atomic mass is 16.6. The van der Waals surface area contributed by atoms with Crippen molar-refractivity contribution in [1.29, 1.82) is 0 Å². The van der Waals surface area contributed by atoms with Gasteiger partial charge in [0, 0.05) is 28.7 Å². The first kappa shape index (κ1) is 20.7. The summed E-state index contributed by atoms with van der Waals surface area (Å²) >= 11 is 0. The summed E-state index contributed by atoms with van der Waals surface area (Å²) in [5.74, 6) is -0.386. The van der Waals surface area contributed by atoms with Gasteiger partial charge in [-0.3, -0.25) is 0 Å². The second-order valence-corrected chi connectivity index (χ2v) is 6.78. The van der Waals surface area contributed by atoms with E-state index in [-0.39, 0.29) is 11.3 Å². The molecule has 2 rings (SSSR count). The van der Waals surface area contributed by atoms with Crippen molar-refractivity contribution in [1.82, 2.24) is 0 Å². The molecule has 1 heterocycles. The Bertz CT molecular complexity index is 918. The molecule has 0 saturated carbocycles. The van der Waals surface area contributed by atoms with E-state index >= 15 is 0 Å². The molecule has 0 saturated heterocycles. The third-order valence-electron chi connectivity index (χ3n) is 4.28. The maximum absolute atomic E-state index is 12.3. The number of rotatable bonds is 6. The minimum absolute atomic E-state index is 0.246. The Morgan fingerprint density at radius 2 is 1.96 bits per heavy atom. The molecule has 1 aromatic carbocycles. The predicted octanol–water partition coefficient (Wildman–Crippen LogP) is 2.48. The minimum Gasteiger partial charge on any atom is -0.496 e. The van der Waals surface area contributed by atoms with Crippen LogP contribution in [0.5, 0.6) is 5.75 Å². The summed E-state index contributed by atoms with van der Waals surface area (Å²) in [6.07, 6.45) is -1.06. The lowest BCUT2D eigenvalue weighted by molar-refractivity contribution is -0.163. The zero-order valence-electron chi connectivity index (χ0n) is 16.0. The summed E-state index contributed by atoms with van der Waals surface area (Å²) in [5, 5.41) is 21.5. The molecule has 7 nitrogen and oxygen atoms in total. The highest BCUT2D eigenvalue weighted by molar-refractivity contribution is 5.88. The lowest BCUT2D eigenvalue weighted by Gasteiger charge is -2.32. The Morgan fingerprint density at radius 1 is 1.30 bits per heavy atom. The lowest BCUT2D eigenvalue weighted by atomic mass is 9.91. The first-order valence-corrected chi connectivity index (χ1v) is 8.44. The molecule has 2 atom stereocenters. The van der Waals surface area contributed by atoms with Crippen molar-refractivity contribution in [2.45, 2.75) is 45.5 Å². The van der Waals surface area contributed by atoms with E-state index in [2.05, 4.69) is 0 Å². The molecule has 7 heteroatoms. The molecule has 146 valence electrons. The molecule has 0 amide bonds. The zero-order chi connectivity index (χ0) is 20.4. The van der Waals surface area contributed by atoms with E-state index in [1.807, 2.05) is 0 Å². The second kappa shape index (κ2) is 7.94. The third kappa shape index (κ3) is 4.56. The summed E-state index contributed by atoms with van der Waals surface area (Å²) in [7, 11) is 1.40. The number of hydrogen-bond acceptors (Lipinski definition) is 7. The fourth-order valence-electron chi connectivity index (χ4n) is 2.51. The van der Waals surface area contributed by atoms with Gasteiger partial charge in [0.2, 0.25) is 0 Å². The molecule has 2 N–H and O–H groups in total. The van der Waals surface area contributed by atoms with Crippen molar-refractivity contribution < 1.29 is 28.9 Å². The zero-order valence-corrected chi connectivity index (χ0v) is 16.0. The fraction of sp³-hybridized carbons (Fsp3) is 0.400. The summed E-state index contributed by atoms with van der Waals surface area (Å²) in [4.78, 5) is 23.8. The summed E-state index contributed by atoms with van der Waals surface area (Å²) in [6.45, 7) is 6.10. The summed E-state index contributed by atoms with van der Waals surface area (Å²) in [5.41, 5.74) is -1.09. The quantitative estimate of drug-likeness (QED) is 0.453. The molecule has 0 fully saturated rings. The number of esters is 1. The Labute approximate surface area is 156 Å². The number of carbonyl (C=O) groups is 1. The standard InChI is InChI=1S/C20H24O7/c1-6-11(2)19(23)27-17(18(22)20(3,4)24)13-9-12-7-8-16(21)26-14(12)10-15(13)25-5/h6-10,17-18,22,24H,1-5H3/t17-,18-/m1/s1. The van der Waals surface area contributed by atoms with E-state index in [1.165, 1.54) is 33.1 Å². The number of aliphatic hydroxyl groups is 2. The number of aliphatic hydroxyl groups excluding tert-OH is 1. The molecule has 0 spiro atoms. The van der Waals surface area contributed by atoms with Gasteiger partial charge in [0.1, 0.15) is 17.4 Å². The van der Waals surface area contributed by atoms with Crippen LogP contribution < -0.4 is 10.4 Å². The normalized spacial score (nSPS) is 14.7. The smallest absolute Gasteiger partial charge is 0.336 e. The van der Waals surface area contributed by atoms with Crippen LogP contribution in [0.25, 0.3) is 11.0 Å². The van der Waals surface area contributed by atoms with Gasteiger partial charge in [-0.2, -0.15) is 0 Å². The maximum Gasteiger partial charge on any atom is 0.336 e. The van der Waals surface area contributed by atoms with E-state index in [0.29, 0.717) is 16.5 Å². The SMILES string of the molecule is CC=C(C)C(=O)O[C@H](c1cc2ccc(=O)oc2cc1OC)[C@@H](O)C(C)(C)O. The molecule has 0 unspecified atom stereocenters. The number of hydrogen-bond donors (Lipinski definition) is 2. The van der Waals surface area contributed by atoms with Crippen LogP contribution in [-0.2, 0) is 9.53 Å². The molecular formula is C20H24O7. The fourth-order valence-corrected chi connectivity index (χ4v) is 2.51. The van der Waals surface area contributed by atoms with Crippen molar-refractivity contribution >= 4 is 16.9 Å². The Balaban J connectivity index is 2.64. The lowest BCUT2D eigenvalue weighted by Crippen LogP contribution is -2.42. The Morgan fingerprint density at radius 3 is 2.52 bits per heavy atom. The third-order valence-corrected chi connectivity index (χ3v) is 4.28. The van der Waals surface area contributed by atoms with Crippen LogP contribution in [0, 0.1) is 0 Å². The average Bonchev–Trinajstić information content (AvgIpc) is 2.62. The first-order chi connectivity index (χ1) is 12.6. The number of allylic oxidation sites excluding steroid dienone is 1. The molecular weight excluding hydrogens is 352 g/mol. The van der Waals surface area contributed by atoms with Crippen molar-refractivity contribution in [3.8, 4) is 5.75 Å². The van der Waals surface area contributed by atoms with Crippen molar-refractivity contribution in [2.75, 3.05) is 7.11 Å². The molecule has 0 radical (unpaired) electrons. The van der Waals surface area contributed by atoms with Gasteiger partial charge in [0.15, 0.2) is 6.10 Å². The van der Waals surface area contributed by atoms with Gasteiger partial charge in [0.05, 0.1) is 12.7 Å². The van der Waals surface area contributed by atoms with Crippen LogP contribution >= 0.6 is 0 Å². The highest BCUT2D eigenvalue weighted by Crippen LogP contribution is 2.37. The second-order valence-electron chi connectivity index (χ2n) is 6.78. The average molecular weight is 376 g/mol. The van der Waals surface area contributed by atoms with E-state index < -0.39 is 29.4 Å². The highest BCUT2D eigenvalue weighted by Gasteiger charge is 2.38. The largest absolute Gasteiger partial charge is 0.496 e. The molecule has 0 bridgehead atoms. The van der Waals surface area contributed by atoms with Crippen LogP contribution in [0.4, 0.5) is 0 Å². The molecule has 0 aliphatic carbocycles. The van der Waals surface area contributed by atoms with Gasteiger partial charge < -0.3 is 24.1 Å². The van der Waals surface area contributed by atoms with Crippen LogP contribution in [0.2, 0.25) is 0 Å². The van der Waals surface area contributed by atoms with E-state index in [4.69, 9.17) is 13.9 Å². The van der Waals surface area contributed by atoms with Gasteiger partial charge in [-0.1, -0.05) is 6.08 Å². The molecule has 0 aliphatic heterocycles.